The number of alkyl halides is 1. The Morgan fingerprint density at radius 3 is 2.52 bits per heavy atom. The summed E-state index contributed by atoms with van der Waals surface area (Å²) in [6, 6.07) is 7.34. The van der Waals surface area contributed by atoms with Crippen molar-refractivity contribution in [1.29, 1.82) is 0 Å². The molecule has 0 fully saturated rings. The SMILES string of the molecule is CCCC[C@](C)(OC)C(=O)Nc1ccc(OCCBr)cc1. The maximum Gasteiger partial charge on any atom is 0.256 e. The summed E-state index contributed by atoms with van der Waals surface area (Å²) in [5.74, 6) is 0.667. The van der Waals surface area contributed by atoms with E-state index in [2.05, 4.69) is 28.2 Å². The number of ether oxygens (including phenoxy) is 2. The average Bonchev–Trinajstić information content (AvgIpc) is 2.51. The average molecular weight is 358 g/mol. The molecule has 0 aromatic heterocycles. The first-order chi connectivity index (χ1) is 10.1. The number of nitrogens with one attached hydrogen (secondary N) is 1. The number of benzene rings is 1. The first kappa shape index (κ1) is 18.0. The summed E-state index contributed by atoms with van der Waals surface area (Å²) in [5.41, 5.74) is -0.0489. The monoisotopic (exact) mass is 357 g/mol. The Bertz CT molecular complexity index is 436. The molecule has 0 saturated heterocycles. The molecule has 0 spiro atoms. The van der Waals surface area contributed by atoms with Crippen LogP contribution in [0.2, 0.25) is 0 Å². The Labute approximate surface area is 135 Å². The van der Waals surface area contributed by atoms with Crippen LogP contribution < -0.4 is 10.1 Å². The highest BCUT2D eigenvalue weighted by Crippen LogP contribution is 2.22. The Morgan fingerprint density at radius 1 is 1.33 bits per heavy atom. The molecule has 5 heteroatoms. The van der Waals surface area contributed by atoms with Gasteiger partial charge in [0.25, 0.3) is 5.91 Å². The highest BCUT2D eigenvalue weighted by molar-refractivity contribution is 9.09. The number of amides is 1. The minimum absolute atomic E-state index is 0.118. The number of halogens is 1. The fraction of sp³-hybridized carbons (Fsp3) is 0.562. The second-order valence-corrected chi connectivity index (χ2v) is 5.85. The fourth-order valence-electron chi connectivity index (χ4n) is 1.88. The van der Waals surface area contributed by atoms with Gasteiger partial charge in [-0.2, -0.15) is 0 Å². The molecule has 0 unspecified atom stereocenters. The number of unbranched alkanes of at least 4 members (excludes halogenated alkanes) is 1. The largest absolute Gasteiger partial charge is 0.493 e. The van der Waals surface area contributed by atoms with Gasteiger partial charge in [0.05, 0.1) is 6.61 Å². The zero-order chi connectivity index (χ0) is 15.7. The number of carbonyl (C=O) groups excluding carboxylic acids is 1. The van der Waals surface area contributed by atoms with Gasteiger partial charge in [0.2, 0.25) is 0 Å². The van der Waals surface area contributed by atoms with Crippen LogP contribution in [0.3, 0.4) is 0 Å². The van der Waals surface area contributed by atoms with Crippen molar-refractivity contribution in [2.75, 3.05) is 24.4 Å². The topological polar surface area (TPSA) is 47.6 Å². The standard InChI is InChI=1S/C16H24BrNO3/c1-4-5-10-16(2,20-3)15(19)18-13-6-8-14(9-7-13)21-12-11-17/h6-9H,4-5,10-12H2,1-3H3,(H,18,19)/t16-/m0/s1. The van der Waals surface area contributed by atoms with E-state index in [0.717, 1.165) is 29.6 Å². The van der Waals surface area contributed by atoms with Gasteiger partial charge in [0, 0.05) is 18.1 Å². The summed E-state index contributed by atoms with van der Waals surface area (Å²) in [6.45, 7) is 4.54. The molecule has 0 heterocycles. The van der Waals surface area contributed by atoms with Crippen LogP contribution in [0, 0.1) is 0 Å². The van der Waals surface area contributed by atoms with Gasteiger partial charge in [-0.3, -0.25) is 4.79 Å². The molecule has 4 nitrogen and oxygen atoms in total. The van der Waals surface area contributed by atoms with Crippen LogP contribution in [-0.4, -0.2) is 30.6 Å². The maximum atomic E-state index is 12.4. The highest BCUT2D eigenvalue weighted by Gasteiger charge is 2.32. The van der Waals surface area contributed by atoms with Crippen molar-refractivity contribution in [2.24, 2.45) is 0 Å². The van der Waals surface area contributed by atoms with Crippen LogP contribution in [0.5, 0.6) is 5.75 Å². The molecule has 0 aliphatic heterocycles. The van der Waals surface area contributed by atoms with Gasteiger partial charge in [-0.1, -0.05) is 35.7 Å². The van der Waals surface area contributed by atoms with Crippen LogP contribution in [-0.2, 0) is 9.53 Å². The van der Waals surface area contributed by atoms with Crippen LogP contribution in [0.15, 0.2) is 24.3 Å². The minimum atomic E-state index is -0.791. The minimum Gasteiger partial charge on any atom is -0.493 e. The second kappa shape index (κ2) is 9.05. The smallest absolute Gasteiger partial charge is 0.256 e. The Morgan fingerprint density at radius 2 is 2.00 bits per heavy atom. The summed E-state index contributed by atoms with van der Waals surface area (Å²) in [4.78, 5) is 12.4. The molecule has 1 atom stereocenters. The van der Waals surface area contributed by atoms with E-state index < -0.39 is 5.60 Å². The molecule has 0 saturated carbocycles. The lowest BCUT2D eigenvalue weighted by atomic mass is 9.97. The Kier molecular flexibility index (Phi) is 7.75. The molecular weight excluding hydrogens is 334 g/mol. The van der Waals surface area contributed by atoms with Gasteiger partial charge < -0.3 is 14.8 Å². The van der Waals surface area contributed by atoms with E-state index in [0.29, 0.717) is 13.0 Å². The second-order valence-electron chi connectivity index (χ2n) is 5.05. The van der Waals surface area contributed by atoms with Gasteiger partial charge in [-0.15, -0.1) is 0 Å². The Balaban J connectivity index is 2.64. The van der Waals surface area contributed by atoms with Crippen molar-refractivity contribution in [3.05, 3.63) is 24.3 Å². The molecule has 0 aliphatic carbocycles. The summed E-state index contributed by atoms with van der Waals surface area (Å²) in [6.07, 6.45) is 2.70. The van der Waals surface area contributed by atoms with Gasteiger partial charge in [-0.05, 0) is 37.6 Å². The normalized spacial score (nSPS) is 13.5. The van der Waals surface area contributed by atoms with Crippen LogP contribution in [0.1, 0.15) is 33.1 Å². The third-order valence-corrected chi connectivity index (χ3v) is 3.72. The molecule has 1 aromatic carbocycles. The first-order valence-corrected chi connectivity index (χ1v) is 8.33. The van der Waals surface area contributed by atoms with Crippen molar-refractivity contribution in [3.8, 4) is 5.75 Å². The van der Waals surface area contributed by atoms with Crippen LogP contribution in [0.25, 0.3) is 0 Å². The number of methoxy groups -OCH3 is 1. The molecule has 1 rings (SSSR count). The summed E-state index contributed by atoms with van der Waals surface area (Å²) in [7, 11) is 1.58. The quantitative estimate of drug-likeness (QED) is 0.679. The highest BCUT2D eigenvalue weighted by atomic mass is 79.9. The van der Waals surface area contributed by atoms with Crippen molar-refractivity contribution in [1.82, 2.24) is 0 Å². The number of carbonyl (C=O) groups is 1. The summed E-state index contributed by atoms with van der Waals surface area (Å²) >= 11 is 3.31. The number of anilines is 1. The first-order valence-electron chi connectivity index (χ1n) is 7.21. The van der Waals surface area contributed by atoms with E-state index in [1.165, 1.54) is 0 Å². The van der Waals surface area contributed by atoms with Crippen LogP contribution in [0.4, 0.5) is 5.69 Å². The van der Waals surface area contributed by atoms with E-state index in [-0.39, 0.29) is 5.91 Å². The number of rotatable bonds is 9. The van der Waals surface area contributed by atoms with Crippen molar-refractivity contribution < 1.29 is 14.3 Å². The van der Waals surface area contributed by atoms with E-state index in [9.17, 15) is 4.79 Å². The molecule has 21 heavy (non-hydrogen) atoms. The molecular formula is C16H24BrNO3. The lowest BCUT2D eigenvalue weighted by Crippen LogP contribution is -2.41. The third kappa shape index (κ3) is 5.67. The molecule has 0 bridgehead atoms. The third-order valence-electron chi connectivity index (χ3n) is 3.40. The number of hydrogen-bond acceptors (Lipinski definition) is 3. The lowest BCUT2D eigenvalue weighted by molar-refractivity contribution is -0.136. The van der Waals surface area contributed by atoms with Crippen molar-refractivity contribution in [2.45, 2.75) is 38.7 Å². The van der Waals surface area contributed by atoms with Crippen molar-refractivity contribution >= 4 is 27.5 Å². The summed E-state index contributed by atoms with van der Waals surface area (Å²) in [5, 5.41) is 3.68. The molecule has 0 radical (unpaired) electrons. The lowest BCUT2D eigenvalue weighted by Gasteiger charge is -2.26. The van der Waals surface area contributed by atoms with Gasteiger partial charge >= 0.3 is 0 Å². The van der Waals surface area contributed by atoms with E-state index in [1.54, 1.807) is 7.11 Å². The molecule has 118 valence electrons. The van der Waals surface area contributed by atoms with E-state index >= 15 is 0 Å². The van der Waals surface area contributed by atoms with Gasteiger partial charge in [0.15, 0.2) is 0 Å². The van der Waals surface area contributed by atoms with Gasteiger partial charge in [-0.25, -0.2) is 0 Å². The van der Waals surface area contributed by atoms with E-state index in [4.69, 9.17) is 9.47 Å². The molecule has 1 aromatic rings. The molecule has 0 aliphatic rings. The predicted molar refractivity (Wildman–Crippen MR) is 89.3 cm³/mol. The number of hydrogen-bond donors (Lipinski definition) is 1. The van der Waals surface area contributed by atoms with E-state index in [1.807, 2.05) is 31.2 Å². The zero-order valence-electron chi connectivity index (χ0n) is 12.9. The molecule has 1 amide bonds. The zero-order valence-corrected chi connectivity index (χ0v) is 14.5. The van der Waals surface area contributed by atoms with Crippen molar-refractivity contribution in [3.63, 3.8) is 0 Å². The predicted octanol–water partition coefficient (Wildman–Crippen LogP) is 3.99. The fourth-order valence-corrected chi connectivity index (χ4v) is 2.04. The van der Waals surface area contributed by atoms with Crippen LogP contribution >= 0.6 is 15.9 Å². The maximum absolute atomic E-state index is 12.4. The Hall–Kier alpha value is -1.07. The summed E-state index contributed by atoms with van der Waals surface area (Å²) < 4.78 is 10.9. The van der Waals surface area contributed by atoms with Gasteiger partial charge in [0.1, 0.15) is 11.4 Å². The molecule has 1 N–H and O–H groups in total.